The number of aromatic hydroxyl groups is 1. The molecule has 0 saturated carbocycles. The second kappa shape index (κ2) is 5.59. The first-order valence-corrected chi connectivity index (χ1v) is 5.94. The highest BCUT2D eigenvalue weighted by Crippen LogP contribution is 2.31. The van der Waals surface area contributed by atoms with E-state index in [1.54, 1.807) is 12.1 Å². The molecule has 0 saturated heterocycles. The van der Waals surface area contributed by atoms with Crippen molar-refractivity contribution in [1.29, 1.82) is 0 Å². The summed E-state index contributed by atoms with van der Waals surface area (Å²) in [5, 5.41) is 18.3. The van der Waals surface area contributed by atoms with Gasteiger partial charge >= 0.3 is 5.97 Å². The zero-order valence-corrected chi connectivity index (χ0v) is 10.6. The van der Waals surface area contributed by atoms with Gasteiger partial charge in [0.05, 0.1) is 5.02 Å². The van der Waals surface area contributed by atoms with Gasteiger partial charge < -0.3 is 10.2 Å². The summed E-state index contributed by atoms with van der Waals surface area (Å²) < 4.78 is 0. The number of phenolic OH excluding ortho intramolecular Hbond substituents is 1. The van der Waals surface area contributed by atoms with Crippen LogP contribution < -0.4 is 0 Å². The lowest BCUT2D eigenvalue weighted by Crippen LogP contribution is -1.87. The number of carboxylic acid groups (broad SMARTS) is 1. The predicted octanol–water partition coefficient (Wildman–Crippen LogP) is 3.81. The molecule has 0 fully saturated rings. The molecule has 0 atom stereocenters. The van der Waals surface area contributed by atoms with Crippen molar-refractivity contribution >= 4 is 23.6 Å². The maximum atomic E-state index is 10.6. The molecular weight excluding hydrogens is 264 g/mol. The number of carbonyl (C=O) groups is 1. The quantitative estimate of drug-likeness (QED) is 0.837. The second-order valence-corrected chi connectivity index (χ2v) is 4.33. The summed E-state index contributed by atoms with van der Waals surface area (Å²) in [5.41, 5.74) is 2.43. The fourth-order valence-electron chi connectivity index (χ4n) is 1.74. The number of rotatable bonds is 3. The van der Waals surface area contributed by atoms with E-state index in [1.807, 2.05) is 24.3 Å². The van der Waals surface area contributed by atoms with Gasteiger partial charge in [-0.2, -0.15) is 0 Å². The smallest absolute Gasteiger partial charge is 0.328 e. The Bertz CT molecular complexity index is 648. The second-order valence-electron chi connectivity index (χ2n) is 3.93. The highest BCUT2D eigenvalue weighted by atomic mass is 35.5. The highest BCUT2D eigenvalue weighted by Gasteiger charge is 2.05. The van der Waals surface area contributed by atoms with Gasteiger partial charge in [0.25, 0.3) is 0 Å². The summed E-state index contributed by atoms with van der Waals surface area (Å²) in [5.74, 6) is -0.984. The SMILES string of the molecule is O=C(O)/C=C/c1ccccc1-c1ccc(O)c(Cl)c1. The minimum absolute atomic E-state index is 0.0176. The van der Waals surface area contributed by atoms with Gasteiger partial charge in [-0.3, -0.25) is 0 Å². The minimum Gasteiger partial charge on any atom is -0.506 e. The van der Waals surface area contributed by atoms with E-state index >= 15 is 0 Å². The molecule has 0 heterocycles. The summed E-state index contributed by atoms with van der Waals surface area (Å²) >= 11 is 5.88. The topological polar surface area (TPSA) is 57.5 Å². The molecule has 0 amide bonds. The Morgan fingerprint density at radius 3 is 2.58 bits per heavy atom. The van der Waals surface area contributed by atoms with Crippen molar-refractivity contribution in [2.75, 3.05) is 0 Å². The third-order valence-electron chi connectivity index (χ3n) is 2.62. The Morgan fingerprint density at radius 1 is 1.16 bits per heavy atom. The zero-order valence-electron chi connectivity index (χ0n) is 9.88. The van der Waals surface area contributed by atoms with Gasteiger partial charge in [-0.05, 0) is 34.9 Å². The third-order valence-corrected chi connectivity index (χ3v) is 2.93. The standard InChI is InChI=1S/C15H11ClO3/c16-13-9-11(5-7-14(13)17)12-4-2-1-3-10(12)6-8-15(18)19/h1-9,17H,(H,18,19)/b8-6+. The van der Waals surface area contributed by atoms with Crippen molar-refractivity contribution in [3.63, 3.8) is 0 Å². The number of aliphatic carboxylic acids is 1. The molecule has 0 spiro atoms. The molecule has 0 aliphatic carbocycles. The summed E-state index contributed by atoms with van der Waals surface area (Å²) in [6.07, 6.45) is 2.61. The molecule has 0 aliphatic heterocycles. The summed E-state index contributed by atoms with van der Waals surface area (Å²) in [4.78, 5) is 10.6. The average Bonchev–Trinajstić information content (AvgIpc) is 2.40. The Kier molecular flexibility index (Phi) is 3.88. The number of hydrogen-bond donors (Lipinski definition) is 2. The largest absolute Gasteiger partial charge is 0.506 e. The summed E-state index contributed by atoms with van der Waals surface area (Å²) in [6, 6.07) is 12.2. The first-order chi connectivity index (χ1) is 9.08. The zero-order chi connectivity index (χ0) is 13.8. The van der Waals surface area contributed by atoms with Gasteiger partial charge in [-0.15, -0.1) is 0 Å². The molecule has 96 valence electrons. The molecule has 2 N–H and O–H groups in total. The van der Waals surface area contributed by atoms with Gasteiger partial charge in [0.1, 0.15) is 5.75 Å². The fraction of sp³-hybridized carbons (Fsp3) is 0. The Hall–Kier alpha value is -2.26. The van der Waals surface area contributed by atoms with Crippen molar-refractivity contribution in [3.8, 4) is 16.9 Å². The van der Waals surface area contributed by atoms with Crippen LogP contribution in [-0.2, 0) is 4.79 Å². The number of benzene rings is 2. The first-order valence-electron chi connectivity index (χ1n) is 5.57. The molecule has 0 aliphatic rings. The summed E-state index contributed by atoms with van der Waals surface area (Å²) in [6.45, 7) is 0. The lowest BCUT2D eigenvalue weighted by atomic mass is 9.99. The van der Waals surface area contributed by atoms with Gasteiger partial charge in [0, 0.05) is 6.08 Å². The van der Waals surface area contributed by atoms with Crippen LogP contribution >= 0.6 is 11.6 Å². The van der Waals surface area contributed by atoms with E-state index in [2.05, 4.69) is 0 Å². The van der Waals surface area contributed by atoms with Gasteiger partial charge in [-0.25, -0.2) is 4.79 Å². The Labute approximate surface area is 115 Å². The molecule has 0 unspecified atom stereocenters. The molecule has 3 nitrogen and oxygen atoms in total. The van der Waals surface area contributed by atoms with Crippen LogP contribution in [0.3, 0.4) is 0 Å². The molecule has 0 radical (unpaired) electrons. The number of phenols is 1. The maximum absolute atomic E-state index is 10.6. The monoisotopic (exact) mass is 274 g/mol. The van der Waals surface area contributed by atoms with Crippen molar-refractivity contribution in [2.45, 2.75) is 0 Å². The molecular formula is C15H11ClO3. The average molecular weight is 275 g/mol. The van der Waals surface area contributed by atoms with Gasteiger partial charge in [0.15, 0.2) is 0 Å². The Morgan fingerprint density at radius 2 is 1.89 bits per heavy atom. The van der Waals surface area contributed by atoms with E-state index in [-0.39, 0.29) is 10.8 Å². The van der Waals surface area contributed by atoms with Crippen molar-refractivity contribution in [3.05, 3.63) is 59.1 Å². The van der Waals surface area contributed by atoms with Crippen LogP contribution in [0.25, 0.3) is 17.2 Å². The number of hydrogen-bond acceptors (Lipinski definition) is 2. The third kappa shape index (κ3) is 3.14. The van der Waals surface area contributed by atoms with E-state index in [0.717, 1.165) is 22.8 Å². The maximum Gasteiger partial charge on any atom is 0.328 e. The van der Waals surface area contributed by atoms with Crippen LogP contribution in [0.15, 0.2) is 48.5 Å². The van der Waals surface area contributed by atoms with E-state index < -0.39 is 5.97 Å². The molecule has 4 heteroatoms. The number of carboxylic acids is 1. The van der Waals surface area contributed by atoms with Crippen LogP contribution in [0.5, 0.6) is 5.75 Å². The Balaban J connectivity index is 2.49. The molecule has 0 bridgehead atoms. The molecule has 2 aromatic carbocycles. The molecule has 2 aromatic rings. The molecule has 0 aromatic heterocycles. The summed E-state index contributed by atoms with van der Waals surface area (Å²) in [7, 11) is 0. The first kappa shape index (κ1) is 13.2. The number of halogens is 1. The van der Waals surface area contributed by atoms with Gasteiger partial charge in [0.2, 0.25) is 0 Å². The molecule has 2 rings (SSSR count). The fourth-order valence-corrected chi connectivity index (χ4v) is 1.92. The van der Waals surface area contributed by atoms with Crippen LogP contribution in [0.1, 0.15) is 5.56 Å². The molecule has 19 heavy (non-hydrogen) atoms. The van der Waals surface area contributed by atoms with E-state index in [4.69, 9.17) is 16.7 Å². The van der Waals surface area contributed by atoms with Gasteiger partial charge in [-0.1, -0.05) is 41.9 Å². The minimum atomic E-state index is -1.00. The van der Waals surface area contributed by atoms with Crippen LogP contribution in [0, 0.1) is 0 Å². The normalized spacial score (nSPS) is 10.8. The lowest BCUT2D eigenvalue weighted by molar-refractivity contribution is -0.131. The van der Waals surface area contributed by atoms with E-state index in [1.165, 1.54) is 12.1 Å². The van der Waals surface area contributed by atoms with Crippen LogP contribution in [-0.4, -0.2) is 16.2 Å². The predicted molar refractivity (Wildman–Crippen MR) is 75.2 cm³/mol. The highest BCUT2D eigenvalue weighted by molar-refractivity contribution is 6.32. The lowest BCUT2D eigenvalue weighted by Gasteiger charge is -2.07. The van der Waals surface area contributed by atoms with E-state index in [0.29, 0.717) is 0 Å². The van der Waals surface area contributed by atoms with Crippen molar-refractivity contribution in [2.24, 2.45) is 0 Å². The van der Waals surface area contributed by atoms with Crippen LogP contribution in [0.2, 0.25) is 5.02 Å². The van der Waals surface area contributed by atoms with Crippen molar-refractivity contribution < 1.29 is 15.0 Å². The van der Waals surface area contributed by atoms with Crippen LogP contribution in [0.4, 0.5) is 0 Å². The van der Waals surface area contributed by atoms with Crippen molar-refractivity contribution in [1.82, 2.24) is 0 Å². The van der Waals surface area contributed by atoms with E-state index in [9.17, 15) is 9.90 Å².